The van der Waals surface area contributed by atoms with E-state index in [1.807, 2.05) is 44.2 Å². The van der Waals surface area contributed by atoms with Gasteiger partial charge in [-0.25, -0.2) is 0 Å². The molecule has 2 atom stereocenters. The highest BCUT2D eigenvalue weighted by molar-refractivity contribution is 5.77. The molecule has 0 saturated carbocycles. The van der Waals surface area contributed by atoms with Crippen LogP contribution in [0.3, 0.4) is 0 Å². The van der Waals surface area contributed by atoms with E-state index in [4.69, 9.17) is 10.2 Å². The Labute approximate surface area is 94.9 Å². The van der Waals surface area contributed by atoms with Gasteiger partial charge in [-0.2, -0.15) is 0 Å². The van der Waals surface area contributed by atoms with Gasteiger partial charge < -0.3 is 15.3 Å². The molecule has 3 N–H and O–H groups in total. The average Bonchev–Trinajstić information content (AvgIpc) is 2.70. The Morgan fingerprint density at radius 2 is 1.94 bits per heavy atom. The van der Waals surface area contributed by atoms with E-state index < -0.39 is 6.10 Å². The molecule has 2 aromatic rings. The van der Waals surface area contributed by atoms with Crippen molar-refractivity contribution in [2.75, 3.05) is 0 Å². The second-order valence-electron chi connectivity index (χ2n) is 4.45. The summed E-state index contributed by atoms with van der Waals surface area (Å²) in [6, 6.07) is 9.23. The van der Waals surface area contributed by atoms with Gasteiger partial charge in [0, 0.05) is 11.4 Å². The maximum Gasteiger partial charge on any atom is 0.135 e. The molecule has 2 unspecified atom stereocenters. The van der Waals surface area contributed by atoms with Crippen molar-refractivity contribution in [3.63, 3.8) is 0 Å². The Bertz CT molecular complexity index is 442. The number of benzene rings is 1. The first kappa shape index (κ1) is 11.2. The van der Waals surface area contributed by atoms with Crippen LogP contribution in [0.25, 0.3) is 11.0 Å². The number of fused-ring (bicyclic) bond motifs is 1. The van der Waals surface area contributed by atoms with Gasteiger partial charge in [-0.1, -0.05) is 32.0 Å². The van der Waals surface area contributed by atoms with E-state index in [0.717, 1.165) is 11.0 Å². The van der Waals surface area contributed by atoms with Gasteiger partial charge in [0.25, 0.3) is 0 Å². The first-order valence-electron chi connectivity index (χ1n) is 5.51. The summed E-state index contributed by atoms with van der Waals surface area (Å²) in [5, 5.41) is 11.0. The van der Waals surface area contributed by atoms with Crippen molar-refractivity contribution in [3.8, 4) is 0 Å². The molecule has 86 valence electrons. The molecule has 0 spiro atoms. The van der Waals surface area contributed by atoms with Gasteiger partial charge in [-0.15, -0.1) is 0 Å². The van der Waals surface area contributed by atoms with Crippen LogP contribution in [0, 0.1) is 5.92 Å². The van der Waals surface area contributed by atoms with Crippen LogP contribution >= 0.6 is 0 Å². The van der Waals surface area contributed by atoms with E-state index >= 15 is 0 Å². The lowest BCUT2D eigenvalue weighted by molar-refractivity contribution is 0.105. The minimum absolute atomic E-state index is 0.211. The fourth-order valence-electron chi connectivity index (χ4n) is 1.70. The average molecular weight is 219 g/mol. The lowest BCUT2D eigenvalue weighted by Crippen LogP contribution is -2.33. The van der Waals surface area contributed by atoms with Crippen molar-refractivity contribution >= 4 is 11.0 Å². The van der Waals surface area contributed by atoms with Gasteiger partial charge in [-0.05, 0) is 18.1 Å². The molecule has 1 aromatic heterocycles. The predicted molar refractivity (Wildman–Crippen MR) is 64.0 cm³/mol. The summed E-state index contributed by atoms with van der Waals surface area (Å²) in [6.45, 7) is 3.97. The van der Waals surface area contributed by atoms with Gasteiger partial charge in [-0.3, -0.25) is 0 Å². The molecular formula is C13H17NO2. The van der Waals surface area contributed by atoms with E-state index in [0.29, 0.717) is 5.76 Å². The van der Waals surface area contributed by atoms with E-state index in [-0.39, 0.29) is 12.0 Å². The van der Waals surface area contributed by atoms with Crippen molar-refractivity contribution in [1.82, 2.24) is 0 Å². The third-order valence-electron chi connectivity index (χ3n) is 2.87. The molecule has 1 aromatic carbocycles. The van der Waals surface area contributed by atoms with Crippen molar-refractivity contribution in [2.24, 2.45) is 11.7 Å². The monoisotopic (exact) mass is 219 g/mol. The zero-order valence-corrected chi connectivity index (χ0v) is 9.55. The summed E-state index contributed by atoms with van der Waals surface area (Å²) in [7, 11) is 0. The van der Waals surface area contributed by atoms with Crippen LogP contribution in [0.5, 0.6) is 0 Å². The Balaban J connectivity index is 2.33. The van der Waals surface area contributed by atoms with Crippen LogP contribution in [-0.2, 0) is 0 Å². The lowest BCUT2D eigenvalue weighted by Gasteiger charge is -2.20. The lowest BCUT2D eigenvalue weighted by atomic mass is 9.98. The molecule has 0 fully saturated rings. The van der Waals surface area contributed by atoms with Gasteiger partial charge in [0.05, 0.1) is 0 Å². The summed E-state index contributed by atoms with van der Waals surface area (Å²) in [5.74, 6) is 0.755. The first-order chi connectivity index (χ1) is 7.59. The normalized spacial score (nSPS) is 15.6. The molecule has 0 aliphatic carbocycles. The molecule has 2 rings (SSSR count). The van der Waals surface area contributed by atoms with E-state index in [2.05, 4.69) is 0 Å². The van der Waals surface area contributed by atoms with Crippen LogP contribution < -0.4 is 5.73 Å². The third-order valence-corrected chi connectivity index (χ3v) is 2.87. The van der Waals surface area contributed by atoms with Gasteiger partial charge in [0.1, 0.15) is 17.4 Å². The highest BCUT2D eigenvalue weighted by atomic mass is 16.4. The number of rotatable bonds is 3. The van der Waals surface area contributed by atoms with Crippen molar-refractivity contribution in [3.05, 3.63) is 36.1 Å². The fraction of sp³-hybridized carbons (Fsp3) is 0.385. The maximum absolute atomic E-state index is 10.0. The quantitative estimate of drug-likeness (QED) is 0.833. The van der Waals surface area contributed by atoms with Crippen molar-refractivity contribution < 1.29 is 9.52 Å². The summed E-state index contributed by atoms with van der Waals surface area (Å²) < 4.78 is 5.57. The first-order valence-corrected chi connectivity index (χ1v) is 5.51. The van der Waals surface area contributed by atoms with E-state index in [1.165, 1.54) is 0 Å². The van der Waals surface area contributed by atoms with Gasteiger partial charge in [0.15, 0.2) is 0 Å². The Hall–Kier alpha value is -1.32. The highest BCUT2D eigenvalue weighted by Crippen LogP contribution is 2.26. The molecule has 0 radical (unpaired) electrons. The molecule has 1 heterocycles. The molecule has 0 aliphatic rings. The third kappa shape index (κ3) is 1.96. The number of para-hydroxylation sites is 1. The molecule has 3 heteroatoms. The summed E-state index contributed by atoms with van der Waals surface area (Å²) in [4.78, 5) is 0. The molecule has 16 heavy (non-hydrogen) atoms. The second-order valence-corrected chi connectivity index (χ2v) is 4.45. The number of furan rings is 1. The number of hydrogen-bond acceptors (Lipinski definition) is 3. The number of nitrogens with two attached hydrogens (primary N) is 1. The number of hydrogen-bond donors (Lipinski definition) is 2. The Morgan fingerprint density at radius 1 is 1.25 bits per heavy atom. The summed E-state index contributed by atoms with van der Waals surface area (Å²) in [6.07, 6.45) is -0.743. The summed E-state index contributed by atoms with van der Waals surface area (Å²) >= 11 is 0. The van der Waals surface area contributed by atoms with Gasteiger partial charge in [0.2, 0.25) is 0 Å². The molecule has 3 nitrogen and oxygen atoms in total. The highest BCUT2D eigenvalue weighted by Gasteiger charge is 2.23. The maximum atomic E-state index is 10.0. The molecule has 0 amide bonds. The minimum Gasteiger partial charge on any atom is -0.458 e. The van der Waals surface area contributed by atoms with Crippen LogP contribution in [0.4, 0.5) is 0 Å². The predicted octanol–water partition coefficient (Wildman–Crippen LogP) is 2.45. The standard InChI is InChI=1S/C13H17NO2/c1-8(2)12(14)13(15)11-7-9-5-3-4-6-10(9)16-11/h3-8,12-13,15H,14H2,1-2H3. The van der Waals surface area contributed by atoms with E-state index in [1.54, 1.807) is 0 Å². The fourth-order valence-corrected chi connectivity index (χ4v) is 1.70. The zero-order chi connectivity index (χ0) is 11.7. The molecular weight excluding hydrogens is 202 g/mol. The van der Waals surface area contributed by atoms with Crippen molar-refractivity contribution in [2.45, 2.75) is 26.0 Å². The smallest absolute Gasteiger partial charge is 0.135 e. The molecule has 0 bridgehead atoms. The van der Waals surface area contributed by atoms with Crippen LogP contribution in [0.1, 0.15) is 25.7 Å². The second kappa shape index (κ2) is 4.28. The van der Waals surface area contributed by atoms with Crippen molar-refractivity contribution in [1.29, 1.82) is 0 Å². The van der Waals surface area contributed by atoms with Crippen LogP contribution in [0.15, 0.2) is 34.7 Å². The SMILES string of the molecule is CC(C)C(N)C(O)c1cc2ccccc2o1. The number of aliphatic hydroxyl groups is 1. The van der Waals surface area contributed by atoms with Gasteiger partial charge >= 0.3 is 0 Å². The molecule has 0 aliphatic heterocycles. The zero-order valence-electron chi connectivity index (χ0n) is 9.55. The minimum atomic E-state index is -0.743. The molecule has 0 saturated heterocycles. The van der Waals surface area contributed by atoms with Crippen LogP contribution in [-0.4, -0.2) is 11.1 Å². The largest absolute Gasteiger partial charge is 0.458 e. The number of aliphatic hydroxyl groups excluding tert-OH is 1. The Morgan fingerprint density at radius 3 is 2.56 bits per heavy atom. The van der Waals surface area contributed by atoms with E-state index in [9.17, 15) is 5.11 Å². The van der Waals surface area contributed by atoms with Crippen LogP contribution in [0.2, 0.25) is 0 Å². The Kier molecular flexibility index (Phi) is 2.99. The summed E-state index contributed by atoms with van der Waals surface area (Å²) in [5.41, 5.74) is 6.69. The topological polar surface area (TPSA) is 59.4 Å².